The highest BCUT2D eigenvalue weighted by Crippen LogP contribution is 2.52. The van der Waals surface area contributed by atoms with Gasteiger partial charge in [-0.3, -0.25) is 0 Å². The van der Waals surface area contributed by atoms with E-state index in [4.69, 9.17) is 10.5 Å². The van der Waals surface area contributed by atoms with Gasteiger partial charge in [0.25, 0.3) is 0 Å². The zero-order valence-corrected chi connectivity index (χ0v) is 12.0. The Hall–Kier alpha value is -2.11. The van der Waals surface area contributed by atoms with Crippen molar-refractivity contribution in [1.29, 1.82) is 0 Å². The van der Waals surface area contributed by atoms with Crippen LogP contribution in [0.2, 0.25) is 0 Å². The first-order valence-corrected chi connectivity index (χ1v) is 6.71. The molecule has 0 bridgehead atoms. The van der Waals surface area contributed by atoms with Crippen molar-refractivity contribution in [3.05, 3.63) is 18.2 Å². The summed E-state index contributed by atoms with van der Waals surface area (Å²) in [6.45, 7) is 5.36. The Bertz CT molecular complexity index is 634. The zero-order chi connectivity index (χ0) is 14.3. The van der Waals surface area contributed by atoms with Crippen LogP contribution >= 0.6 is 0 Å². The largest absolute Gasteiger partial charge is 0.497 e. The first-order valence-electron chi connectivity index (χ1n) is 6.71. The van der Waals surface area contributed by atoms with Crippen molar-refractivity contribution < 1.29 is 4.74 Å². The van der Waals surface area contributed by atoms with Crippen LogP contribution in [-0.4, -0.2) is 27.3 Å². The highest BCUT2D eigenvalue weighted by molar-refractivity contribution is 5.73. The molecule has 1 fully saturated rings. The molecule has 1 aromatic heterocycles. The van der Waals surface area contributed by atoms with E-state index in [2.05, 4.69) is 29.4 Å². The first-order chi connectivity index (χ1) is 9.51. The number of tetrazole rings is 1. The Balaban J connectivity index is 1.93. The van der Waals surface area contributed by atoms with Crippen LogP contribution in [0.4, 0.5) is 5.69 Å². The van der Waals surface area contributed by atoms with Crippen molar-refractivity contribution >= 4 is 5.69 Å². The van der Waals surface area contributed by atoms with Gasteiger partial charge in [0.05, 0.1) is 7.11 Å². The maximum Gasteiger partial charge on any atom is 0.184 e. The standard InChI is InChI=1S/C14H19N5O/c1-14(2)7-9(14)8-19-13(16-17-18-19)11-6-10(20-3)4-5-12(11)15/h4-6,9H,7-8,15H2,1-3H3. The minimum atomic E-state index is 0.392. The molecule has 1 aliphatic rings. The van der Waals surface area contributed by atoms with E-state index in [0.717, 1.165) is 17.9 Å². The van der Waals surface area contributed by atoms with Crippen LogP contribution in [0.25, 0.3) is 11.4 Å². The van der Waals surface area contributed by atoms with Crippen molar-refractivity contribution in [2.45, 2.75) is 26.8 Å². The monoisotopic (exact) mass is 273 g/mol. The highest BCUT2D eigenvalue weighted by Gasteiger charge is 2.46. The summed E-state index contributed by atoms with van der Waals surface area (Å²) in [5.41, 5.74) is 7.89. The van der Waals surface area contributed by atoms with Gasteiger partial charge in [-0.25, -0.2) is 4.68 Å². The minimum absolute atomic E-state index is 0.392. The minimum Gasteiger partial charge on any atom is -0.497 e. The summed E-state index contributed by atoms with van der Waals surface area (Å²) < 4.78 is 7.08. The van der Waals surface area contributed by atoms with Gasteiger partial charge < -0.3 is 10.5 Å². The molecule has 1 saturated carbocycles. The maximum atomic E-state index is 6.04. The molecule has 0 saturated heterocycles. The van der Waals surface area contributed by atoms with Crippen LogP contribution in [0.1, 0.15) is 20.3 Å². The Kier molecular flexibility index (Phi) is 2.88. The number of nitrogens with zero attached hydrogens (tertiary/aromatic N) is 4. The van der Waals surface area contributed by atoms with Gasteiger partial charge in [-0.05, 0) is 46.4 Å². The molecule has 1 atom stereocenters. The highest BCUT2D eigenvalue weighted by atomic mass is 16.5. The van der Waals surface area contributed by atoms with E-state index in [1.54, 1.807) is 7.11 Å². The Labute approximate surface area is 117 Å². The van der Waals surface area contributed by atoms with Gasteiger partial charge >= 0.3 is 0 Å². The first kappa shape index (κ1) is 12.9. The summed E-state index contributed by atoms with van der Waals surface area (Å²) >= 11 is 0. The van der Waals surface area contributed by atoms with Gasteiger partial charge in [0.15, 0.2) is 5.82 Å². The fourth-order valence-corrected chi connectivity index (χ4v) is 2.47. The summed E-state index contributed by atoms with van der Waals surface area (Å²) in [6, 6.07) is 5.51. The van der Waals surface area contributed by atoms with Crippen LogP contribution in [0, 0.1) is 11.3 Å². The number of methoxy groups -OCH3 is 1. The molecule has 6 heteroatoms. The second kappa shape index (κ2) is 4.47. The number of ether oxygens (including phenoxy) is 1. The van der Waals surface area contributed by atoms with Gasteiger partial charge in [-0.2, -0.15) is 0 Å². The lowest BCUT2D eigenvalue weighted by molar-refractivity contribution is 0.415. The second-order valence-electron chi connectivity index (χ2n) is 6.03. The molecule has 6 nitrogen and oxygen atoms in total. The van der Waals surface area contributed by atoms with E-state index in [0.29, 0.717) is 22.8 Å². The third kappa shape index (κ3) is 2.21. The van der Waals surface area contributed by atoms with Crippen molar-refractivity contribution in [2.75, 3.05) is 12.8 Å². The average Bonchev–Trinajstić information content (AvgIpc) is 2.83. The average molecular weight is 273 g/mol. The third-order valence-corrected chi connectivity index (χ3v) is 4.14. The molecule has 2 N–H and O–H groups in total. The third-order valence-electron chi connectivity index (χ3n) is 4.14. The zero-order valence-electron chi connectivity index (χ0n) is 12.0. The normalized spacial score (nSPS) is 19.9. The predicted molar refractivity (Wildman–Crippen MR) is 76.1 cm³/mol. The van der Waals surface area contributed by atoms with Crippen LogP contribution in [0.5, 0.6) is 5.75 Å². The van der Waals surface area contributed by atoms with E-state index in [9.17, 15) is 0 Å². The van der Waals surface area contributed by atoms with Gasteiger partial charge in [0, 0.05) is 17.8 Å². The smallest absolute Gasteiger partial charge is 0.184 e. The SMILES string of the molecule is COc1ccc(N)c(-c2nnnn2CC2CC2(C)C)c1. The van der Waals surface area contributed by atoms with Gasteiger partial charge in [0.2, 0.25) is 0 Å². The van der Waals surface area contributed by atoms with E-state index in [1.165, 1.54) is 6.42 Å². The molecule has 1 unspecified atom stereocenters. The Morgan fingerprint density at radius 3 is 2.85 bits per heavy atom. The molecule has 1 aliphatic carbocycles. The molecule has 3 rings (SSSR count). The van der Waals surface area contributed by atoms with Crippen LogP contribution in [0.15, 0.2) is 18.2 Å². The maximum absolute atomic E-state index is 6.04. The molecule has 0 spiro atoms. The molecule has 0 radical (unpaired) electrons. The lowest BCUT2D eigenvalue weighted by atomic mass is 10.1. The number of anilines is 1. The molecule has 0 amide bonds. The fourth-order valence-electron chi connectivity index (χ4n) is 2.47. The molecule has 106 valence electrons. The number of benzene rings is 1. The fraction of sp³-hybridized carbons (Fsp3) is 0.500. The van der Waals surface area contributed by atoms with E-state index >= 15 is 0 Å². The molecule has 20 heavy (non-hydrogen) atoms. The number of hydrogen-bond donors (Lipinski definition) is 1. The van der Waals surface area contributed by atoms with Crippen LogP contribution in [0.3, 0.4) is 0 Å². The molecule has 0 aliphatic heterocycles. The second-order valence-corrected chi connectivity index (χ2v) is 6.03. The molecule has 2 aromatic rings. The number of rotatable bonds is 4. The Morgan fingerprint density at radius 1 is 1.45 bits per heavy atom. The van der Waals surface area contributed by atoms with E-state index in [1.807, 2.05) is 22.9 Å². The van der Waals surface area contributed by atoms with Crippen molar-refractivity contribution in [2.24, 2.45) is 11.3 Å². The van der Waals surface area contributed by atoms with Crippen LogP contribution in [-0.2, 0) is 6.54 Å². The molecular formula is C14H19N5O. The van der Waals surface area contributed by atoms with Crippen LogP contribution < -0.4 is 10.5 Å². The number of aromatic nitrogens is 4. The van der Waals surface area contributed by atoms with E-state index in [-0.39, 0.29) is 0 Å². The molecular weight excluding hydrogens is 254 g/mol. The predicted octanol–water partition coefficient (Wildman–Crippen LogP) is 1.98. The molecule has 1 aromatic carbocycles. The van der Waals surface area contributed by atoms with Gasteiger partial charge in [-0.1, -0.05) is 13.8 Å². The summed E-state index contributed by atoms with van der Waals surface area (Å²) in [7, 11) is 1.63. The van der Waals surface area contributed by atoms with Crippen molar-refractivity contribution in [3.63, 3.8) is 0 Å². The summed E-state index contributed by atoms with van der Waals surface area (Å²) in [5, 5.41) is 12.0. The Morgan fingerprint density at radius 2 is 2.20 bits per heavy atom. The quantitative estimate of drug-likeness (QED) is 0.862. The summed E-state index contributed by atoms with van der Waals surface area (Å²) in [4.78, 5) is 0. The molecule has 1 heterocycles. The van der Waals surface area contributed by atoms with E-state index < -0.39 is 0 Å². The summed E-state index contributed by atoms with van der Waals surface area (Å²) in [5.74, 6) is 2.07. The lowest BCUT2D eigenvalue weighted by Crippen LogP contribution is -2.08. The van der Waals surface area contributed by atoms with Gasteiger partial charge in [-0.15, -0.1) is 5.10 Å². The number of nitrogens with two attached hydrogens (primary N) is 1. The number of nitrogen functional groups attached to an aromatic ring is 1. The van der Waals surface area contributed by atoms with Crippen molar-refractivity contribution in [3.8, 4) is 17.1 Å². The summed E-state index contributed by atoms with van der Waals surface area (Å²) in [6.07, 6.45) is 1.21. The van der Waals surface area contributed by atoms with Crippen molar-refractivity contribution in [1.82, 2.24) is 20.2 Å². The lowest BCUT2D eigenvalue weighted by Gasteiger charge is -2.09. The number of hydrogen-bond acceptors (Lipinski definition) is 5. The topological polar surface area (TPSA) is 78.8 Å². The van der Waals surface area contributed by atoms with Gasteiger partial charge in [0.1, 0.15) is 5.75 Å².